The molecule has 0 heterocycles. The van der Waals surface area contributed by atoms with Gasteiger partial charge >= 0.3 is 0 Å². The lowest BCUT2D eigenvalue weighted by atomic mass is 10.3. The minimum atomic E-state index is -0.947. The first kappa shape index (κ1) is 12.4. The van der Waals surface area contributed by atoms with Gasteiger partial charge in [0.2, 0.25) is 5.82 Å². The lowest BCUT2D eigenvalue weighted by Crippen LogP contribution is -2.12. The minimum Gasteiger partial charge on any atom is -0.489 e. The number of benzene rings is 2. The molecule has 0 saturated heterocycles. The highest BCUT2D eigenvalue weighted by Crippen LogP contribution is 2.18. The lowest BCUT2D eigenvalue weighted by molar-refractivity contribution is 0.308. The fourth-order valence-electron chi connectivity index (χ4n) is 1.51. The molecule has 0 aliphatic heterocycles. The largest absolute Gasteiger partial charge is 0.489 e. The number of hydrogen-bond acceptors (Lipinski definition) is 2. The van der Waals surface area contributed by atoms with Gasteiger partial charge in [0.25, 0.3) is 0 Å². The predicted molar refractivity (Wildman–Crippen MR) is 66.8 cm³/mol. The second-order valence-corrected chi connectivity index (χ2v) is 3.69. The van der Waals surface area contributed by atoms with Gasteiger partial charge in [-0.1, -0.05) is 24.3 Å². The van der Waals surface area contributed by atoms with Crippen LogP contribution in [-0.2, 0) is 0 Å². The summed E-state index contributed by atoms with van der Waals surface area (Å²) < 4.78 is 31.3. The first-order valence-electron chi connectivity index (χ1n) is 5.63. The van der Waals surface area contributed by atoms with Crippen LogP contribution in [0.25, 0.3) is 0 Å². The van der Waals surface area contributed by atoms with Crippen LogP contribution < -0.4 is 10.1 Å². The van der Waals surface area contributed by atoms with Gasteiger partial charge in [0.1, 0.15) is 6.61 Å². The van der Waals surface area contributed by atoms with Crippen LogP contribution >= 0.6 is 0 Å². The summed E-state index contributed by atoms with van der Waals surface area (Å²) in [5.41, 5.74) is 0.959. The standard InChI is InChI=1S/C14H13F2NO/c15-12-7-4-8-13(14(12)16)18-10-9-17-11-5-2-1-3-6-11/h1-8,17H,9-10H2. The Bertz CT molecular complexity index is 502. The summed E-state index contributed by atoms with van der Waals surface area (Å²) >= 11 is 0. The highest BCUT2D eigenvalue weighted by Gasteiger charge is 2.07. The third kappa shape index (κ3) is 3.20. The van der Waals surface area contributed by atoms with Crippen molar-refractivity contribution in [2.24, 2.45) is 0 Å². The van der Waals surface area contributed by atoms with Crippen molar-refractivity contribution < 1.29 is 13.5 Å². The molecule has 0 radical (unpaired) electrons. The monoisotopic (exact) mass is 249 g/mol. The van der Waals surface area contributed by atoms with E-state index in [4.69, 9.17) is 4.74 Å². The molecule has 0 spiro atoms. The molecule has 0 bridgehead atoms. The molecule has 0 fully saturated rings. The SMILES string of the molecule is Fc1cccc(OCCNc2ccccc2)c1F. The van der Waals surface area contributed by atoms with Gasteiger partial charge in [-0.05, 0) is 24.3 Å². The van der Waals surface area contributed by atoms with Crippen molar-refractivity contribution in [2.75, 3.05) is 18.5 Å². The van der Waals surface area contributed by atoms with E-state index in [1.807, 2.05) is 30.3 Å². The van der Waals surface area contributed by atoms with E-state index in [2.05, 4.69) is 5.32 Å². The average Bonchev–Trinajstić information content (AvgIpc) is 2.40. The molecule has 0 saturated carbocycles. The molecule has 18 heavy (non-hydrogen) atoms. The van der Waals surface area contributed by atoms with Crippen molar-refractivity contribution in [3.63, 3.8) is 0 Å². The molecule has 0 atom stereocenters. The van der Waals surface area contributed by atoms with Gasteiger partial charge in [0, 0.05) is 12.2 Å². The molecule has 0 aliphatic rings. The first-order valence-corrected chi connectivity index (χ1v) is 5.63. The van der Waals surface area contributed by atoms with E-state index in [9.17, 15) is 8.78 Å². The summed E-state index contributed by atoms with van der Waals surface area (Å²) in [5.74, 6) is -1.91. The van der Waals surface area contributed by atoms with Crippen LogP contribution in [0.1, 0.15) is 0 Å². The molecule has 1 N–H and O–H groups in total. The zero-order valence-electron chi connectivity index (χ0n) is 9.70. The Morgan fingerprint density at radius 3 is 2.50 bits per heavy atom. The van der Waals surface area contributed by atoms with E-state index >= 15 is 0 Å². The van der Waals surface area contributed by atoms with Crippen LogP contribution in [0.15, 0.2) is 48.5 Å². The van der Waals surface area contributed by atoms with Crippen molar-refractivity contribution in [2.45, 2.75) is 0 Å². The Balaban J connectivity index is 1.81. The molecule has 2 aromatic rings. The Morgan fingerprint density at radius 1 is 0.944 bits per heavy atom. The molecule has 0 unspecified atom stereocenters. The molecule has 94 valence electrons. The highest BCUT2D eigenvalue weighted by atomic mass is 19.2. The zero-order valence-corrected chi connectivity index (χ0v) is 9.70. The maximum Gasteiger partial charge on any atom is 0.200 e. The number of halogens is 2. The number of anilines is 1. The second-order valence-electron chi connectivity index (χ2n) is 3.69. The molecule has 0 aliphatic carbocycles. The van der Waals surface area contributed by atoms with Gasteiger partial charge in [0.05, 0.1) is 0 Å². The van der Waals surface area contributed by atoms with E-state index in [0.29, 0.717) is 6.54 Å². The van der Waals surface area contributed by atoms with Crippen LogP contribution in [0.2, 0.25) is 0 Å². The van der Waals surface area contributed by atoms with E-state index in [-0.39, 0.29) is 12.4 Å². The van der Waals surface area contributed by atoms with Crippen molar-refractivity contribution in [3.05, 3.63) is 60.2 Å². The fraction of sp³-hybridized carbons (Fsp3) is 0.143. The summed E-state index contributed by atoms with van der Waals surface area (Å²) in [4.78, 5) is 0. The third-order valence-electron chi connectivity index (χ3n) is 2.38. The van der Waals surface area contributed by atoms with Crippen LogP contribution in [-0.4, -0.2) is 13.2 Å². The Kier molecular flexibility index (Phi) is 4.12. The number of nitrogens with one attached hydrogen (secondary N) is 1. The van der Waals surface area contributed by atoms with Gasteiger partial charge in [-0.15, -0.1) is 0 Å². The predicted octanol–water partition coefficient (Wildman–Crippen LogP) is 3.46. The van der Waals surface area contributed by atoms with Crippen LogP contribution in [0.5, 0.6) is 5.75 Å². The van der Waals surface area contributed by atoms with Gasteiger partial charge in [0.15, 0.2) is 11.6 Å². The lowest BCUT2D eigenvalue weighted by Gasteiger charge is -2.09. The average molecular weight is 249 g/mol. The molecule has 0 aromatic heterocycles. The molecule has 2 rings (SSSR count). The van der Waals surface area contributed by atoms with Crippen molar-refractivity contribution >= 4 is 5.69 Å². The second kappa shape index (κ2) is 6.00. The maximum absolute atomic E-state index is 13.2. The van der Waals surface area contributed by atoms with E-state index in [1.165, 1.54) is 12.1 Å². The van der Waals surface area contributed by atoms with E-state index in [0.717, 1.165) is 11.8 Å². The van der Waals surface area contributed by atoms with E-state index < -0.39 is 11.6 Å². The molecule has 2 nitrogen and oxygen atoms in total. The van der Waals surface area contributed by atoms with Crippen LogP contribution in [0, 0.1) is 11.6 Å². The van der Waals surface area contributed by atoms with Crippen molar-refractivity contribution in [3.8, 4) is 5.75 Å². The van der Waals surface area contributed by atoms with Gasteiger partial charge in [-0.2, -0.15) is 4.39 Å². The zero-order chi connectivity index (χ0) is 12.8. The van der Waals surface area contributed by atoms with Crippen molar-refractivity contribution in [1.82, 2.24) is 0 Å². The van der Waals surface area contributed by atoms with Crippen LogP contribution in [0.4, 0.5) is 14.5 Å². The van der Waals surface area contributed by atoms with Crippen molar-refractivity contribution in [1.29, 1.82) is 0 Å². The summed E-state index contributed by atoms with van der Waals surface area (Å²) in [6.45, 7) is 0.773. The first-order chi connectivity index (χ1) is 8.77. The molecular formula is C14H13F2NO. The number of hydrogen-bond donors (Lipinski definition) is 1. The smallest absolute Gasteiger partial charge is 0.200 e. The highest BCUT2D eigenvalue weighted by molar-refractivity contribution is 5.42. The number of para-hydroxylation sites is 1. The van der Waals surface area contributed by atoms with Gasteiger partial charge in [-0.3, -0.25) is 0 Å². The summed E-state index contributed by atoms with van der Waals surface area (Å²) in [5, 5.41) is 3.11. The Labute approximate surface area is 104 Å². The maximum atomic E-state index is 13.2. The minimum absolute atomic E-state index is 0.0649. The number of rotatable bonds is 5. The summed E-state index contributed by atoms with van der Waals surface area (Å²) in [6.07, 6.45) is 0. The van der Waals surface area contributed by atoms with E-state index in [1.54, 1.807) is 0 Å². The number of ether oxygens (including phenoxy) is 1. The summed E-state index contributed by atoms with van der Waals surface area (Å²) in [6, 6.07) is 13.5. The molecule has 4 heteroatoms. The Hall–Kier alpha value is -2.10. The summed E-state index contributed by atoms with van der Waals surface area (Å²) in [7, 11) is 0. The quantitative estimate of drug-likeness (QED) is 0.819. The normalized spacial score (nSPS) is 10.1. The van der Waals surface area contributed by atoms with Crippen LogP contribution in [0.3, 0.4) is 0 Å². The van der Waals surface area contributed by atoms with Gasteiger partial charge < -0.3 is 10.1 Å². The molecule has 2 aromatic carbocycles. The van der Waals surface area contributed by atoms with Gasteiger partial charge in [-0.25, -0.2) is 4.39 Å². The molecule has 0 amide bonds. The topological polar surface area (TPSA) is 21.3 Å². The molecular weight excluding hydrogens is 236 g/mol. The third-order valence-corrected chi connectivity index (χ3v) is 2.38. The Morgan fingerprint density at radius 2 is 1.72 bits per heavy atom. The fourth-order valence-corrected chi connectivity index (χ4v) is 1.51.